The Labute approximate surface area is 489 Å². The molecular formula is C69H128N2O7P+. The quantitative estimate of drug-likeness (QED) is 0.0205. The molecule has 10 heteroatoms. The van der Waals surface area contributed by atoms with Gasteiger partial charge in [-0.05, 0) is 102 Å². The molecule has 0 spiro atoms. The summed E-state index contributed by atoms with van der Waals surface area (Å²) in [6, 6.07) is -0.859. The molecule has 0 heterocycles. The van der Waals surface area contributed by atoms with Crippen LogP contribution in [0.1, 0.15) is 303 Å². The molecule has 0 aromatic carbocycles. The number of carbonyl (C=O) groups is 2. The van der Waals surface area contributed by atoms with E-state index in [1.807, 2.05) is 33.3 Å². The lowest BCUT2D eigenvalue weighted by Crippen LogP contribution is -2.47. The Morgan fingerprint density at radius 3 is 1.19 bits per heavy atom. The Morgan fingerprint density at radius 1 is 0.443 bits per heavy atom. The van der Waals surface area contributed by atoms with E-state index in [-0.39, 0.29) is 31.5 Å². The normalized spacial score (nSPS) is 14.1. The highest BCUT2D eigenvalue weighted by molar-refractivity contribution is 7.47. The van der Waals surface area contributed by atoms with Crippen molar-refractivity contribution in [2.75, 3.05) is 40.9 Å². The van der Waals surface area contributed by atoms with Crippen molar-refractivity contribution in [1.29, 1.82) is 0 Å². The van der Waals surface area contributed by atoms with Gasteiger partial charge in [-0.15, -0.1) is 0 Å². The topological polar surface area (TPSA) is 111 Å². The maximum Gasteiger partial charge on any atom is 0.472 e. The summed E-state index contributed by atoms with van der Waals surface area (Å²) in [5.41, 5.74) is 0. The van der Waals surface area contributed by atoms with Gasteiger partial charge >= 0.3 is 13.8 Å². The van der Waals surface area contributed by atoms with Crippen LogP contribution >= 0.6 is 7.82 Å². The summed E-state index contributed by atoms with van der Waals surface area (Å²) in [5.74, 6) is -0.522. The van der Waals surface area contributed by atoms with Gasteiger partial charge in [0.1, 0.15) is 19.3 Å². The van der Waals surface area contributed by atoms with Crippen LogP contribution in [-0.2, 0) is 27.9 Å². The molecule has 0 saturated heterocycles. The van der Waals surface area contributed by atoms with Gasteiger partial charge in [0, 0.05) is 12.8 Å². The second kappa shape index (κ2) is 58.6. The molecular weight excluding hydrogens is 1000 g/mol. The van der Waals surface area contributed by atoms with Crippen molar-refractivity contribution in [3.63, 3.8) is 0 Å². The molecule has 0 saturated carbocycles. The van der Waals surface area contributed by atoms with Crippen LogP contribution in [0.4, 0.5) is 0 Å². The van der Waals surface area contributed by atoms with Crippen LogP contribution in [0.15, 0.2) is 72.9 Å². The van der Waals surface area contributed by atoms with Gasteiger partial charge in [0.05, 0.1) is 33.8 Å². The molecule has 3 atom stereocenters. The summed E-state index contributed by atoms with van der Waals surface area (Å²) in [4.78, 5) is 37.8. The summed E-state index contributed by atoms with van der Waals surface area (Å²) in [6.45, 7) is 6.98. The van der Waals surface area contributed by atoms with Crippen molar-refractivity contribution in [3.8, 4) is 0 Å². The maximum atomic E-state index is 13.6. The van der Waals surface area contributed by atoms with Crippen LogP contribution in [-0.4, -0.2) is 74.3 Å². The van der Waals surface area contributed by atoms with E-state index in [4.69, 9.17) is 13.8 Å². The van der Waals surface area contributed by atoms with Crippen LogP contribution < -0.4 is 5.32 Å². The van der Waals surface area contributed by atoms with Crippen molar-refractivity contribution in [2.45, 2.75) is 315 Å². The lowest BCUT2D eigenvalue weighted by Gasteiger charge is -2.27. The first kappa shape index (κ1) is 76.5. The molecule has 3 unspecified atom stereocenters. The fraction of sp³-hybridized carbons (Fsp3) is 0.797. The zero-order valence-electron chi connectivity index (χ0n) is 52.6. The fourth-order valence-electron chi connectivity index (χ4n) is 9.45. The summed E-state index contributed by atoms with van der Waals surface area (Å²) in [6.07, 6.45) is 76.2. The van der Waals surface area contributed by atoms with Crippen LogP contribution in [0.5, 0.6) is 0 Å². The average molecular weight is 1130 g/mol. The minimum Gasteiger partial charge on any atom is -0.456 e. The maximum absolute atomic E-state index is 13.6. The van der Waals surface area contributed by atoms with Crippen molar-refractivity contribution in [2.24, 2.45) is 0 Å². The van der Waals surface area contributed by atoms with Crippen molar-refractivity contribution < 1.29 is 37.3 Å². The van der Waals surface area contributed by atoms with Gasteiger partial charge in [0.2, 0.25) is 5.91 Å². The Kier molecular flexibility index (Phi) is 56.7. The SMILES string of the molecule is CCCCC/C=C\C/C=C\C/C=C\C/C=C\CCCCCCCC(=O)OC(/C=C/CCCCCCCCCCC)C(COP(=O)(O)OCC[N+](C)(C)C)NC(=O)CCCCCCCCCCCCC/C=C/CCCCCCCC. The Bertz CT molecular complexity index is 1580. The number of likely N-dealkylation sites (N-methyl/N-ethyl adjacent to an activating group) is 1. The Balaban J connectivity index is 5.17. The third-order valence-electron chi connectivity index (χ3n) is 14.6. The lowest BCUT2D eigenvalue weighted by molar-refractivity contribution is -0.870. The van der Waals surface area contributed by atoms with Crippen molar-refractivity contribution in [1.82, 2.24) is 5.32 Å². The zero-order valence-corrected chi connectivity index (χ0v) is 53.5. The number of carbonyl (C=O) groups excluding carboxylic acids is 2. The second-order valence-electron chi connectivity index (χ2n) is 23.6. The highest BCUT2D eigenvalue weighted by Gasteiger charge is 2.30. The van der Waals surface area contributed by atoms with Crippen molar-refractivity contribution >= 4 is 19.7 Å². The number of unbranched alkanes of at least 4 members (excludes halogenated alkanes) is 34. The summed E-state index contributed by atoms with van der Waals surface area (Å²) >= 11 is 0. The van der Waals surface area contributed by atoms with Crippen molar-refractivity contribution in [3.05, 3.63) is 72.9 Å². The number of nitrogens with one attached hydrogen (secondary N) is 1. The molecule has 0 fully saturated rings. The third-order valence-corrected chi connectivity index (χ3v) is 15.6. The molecule has 9 nitrogen and oxygen atoms in total. The zero-order chi connectivity index (χ0) is 57.9. The van der Waals surface area contributed by atoms with Gasteiger partial charge in [-0.2, -0.15) is 0 Å². The average Bonchev–Trinajstić information content (AvgIpc) is 3.41. The van der Waals surface area contributed by atoms with Gasteiger partial charge in [-0.3, -0.25) is 18.6 Å². The molecule has 2 N–H and O–H groups in total. The van der Waals surface area contributed by atoms with E-state index < -0.39 is 20.0 Å². The van der Waals surface area contributed by atoms with E-state index in [1.54, 1.807) is 0 Å². The van der Waals surface area contributed by atoms with E-state index in [2.05, 4.69) is 86.8 Å². The highest BCUT2D eigenvalue weighted by atomic mass is 31.2. The molecule has 0 aliphatic rings. The van der Waals surface area contributed by atoms with Gasteiger partial charge < -0.3 is 19.4 Å². The number of phosphoric ester groups is 1. The van der Waals surface area contributed by atoms with E-state index >= 15 is 0 Å². The van der Waals surface area contributed by atoms with Gasteiger partial charge in [-0.25, -0.2) is 4.57 Å². The Morgan fingerprint density at radius 2 is 0.772 bits per heavy atom. The van der Waals surface area contributed by atoms with E-state index in [0.29, 0.717) is 17.4 Å². The number of hydrogen-bond donors (Lipinski definition) is 2. The Hall–Kier alpha value is -2.55. The van der Waals surface area contributed by atoms with Crippen LogP contribution in [0.25, 0.3) is 0 Å². The van der Waals surface area contributed by atoms with Crippen LogP contribution in [0.3, 0.4) is 0 Å². The first-order valence-electron chi connectivity index (χ1n) is 33.3. The smallest absolute Gasteiger partial charge is 0.456 e. The molecule has 0 bridgehead atoms. The molecule has 1 amide bonds. The summed E-state index contributed by atoms with van der Waals surface area (Å²) < 4.78 is 30.7. The number of amides is 1. The molecule has 460 valence electrons. The minimum absolute atomic E-state index is 0.0351. The number of hydrogen-bond acceptors (Lipinski definition) is 6. The monoisotopic (exact) mass is 1130 g/mol. The third kappa shape index (κ3) is 59.9. The van der Waals surface area contributed by atoms with E-state index in [0.717, 1.165) is 96.3 Å². The molecule has 0 aliphatic carbocycles. The van der Waals surface area contributed by atoms with Gasteiger partial charge in [0.25, 0.3) is 0 Å². The highest BCUT2D eigenvalue weighted by Crippen LogP contribution is 2.43. The number of quaternary nitrogens is 1. The molecule has 0 aromatic rings. The standard InChI is InChI=1S/C69H127N2O7P/c1-7-10-13-16-19-22-25-27-29-31-33-35-37-39-41-43-46-49-52-55-58-61-68(72)70-66(65-77-79(74,75)76-64-63-71(4,5)6)67(60-57-54-51-48-45-24-21-18-15-12-9-3)78-69(73)62-59-56-53-50-47-44-42-40-38-36-34-32-30-28-26-23-20-17-14-11-8-2/h20,23,27-30,34,36,40,42,57,60,66-67H,7-19,21-22,24-26,31-33,35,37-39,41,43-56,58-59,61-65H2,1-6H3,(H-,70,72,74,75)/p+1/b23-20-,29-27+,30-28-,36-34-,42-40-,60-57+. The van der Waals surface area contributed by atoms with Gasteiger partial charge in [0.15, 0.2) is 0 Å². The predicted molar refractivity (Wildman–Crippen MR) is 341 cm³/mol. The molecule has 79 heavy (non-hydrogen) atoms. The molecule has 0 rings (SSSR count). The van der Waals surface area contributed by atoms with E-state index in [9.17, 15) is 19.0 Å². The number of phosphoric acid groups is 1. The predicted octanol–water partition coefficient (Wildman–Crippen LogP) is 20.8. The van der Waals surface area contributed by atoms with Crippen LogP contribution in [0.2, 0.25) is 0 Å². The number of rotatable bonds is 60. The minimum atomic E-state index is -4.46. The number of allylic oxidation sites excluding steroid dienone is 11. The first-order chi connectivity index (χ1) is 38.4. The van der Waals surface area contributed by atoms with E-state index in [1.165, 1.54) is 173 Å². The number of esters is 1. The fourth-order valence-corrected chi connectivity index (χ4v) is 10.2. The number of nitrogens with zero attached hydrogens (tertiary/aromatic N) is 1. The largest absolute Gasteiger partial charge is 0.472 e. The molecule has 0 aromatic heterocycles. The summed E-state index contributed by atoms with van der Waals surface area (Å²) in [7, 11) is 1.48. The lowest BCUT2D eigenvalue weighted by atomic mass is 10.0. The molecule has 0 radical (unpaired) electrons. The number of ether oxygens (including phenoxy) is 1. The van der Waals surface area contributed by atoms with Gasteiger partial charge in [-0.1, -0.05) is 261 Å². The summed E-state index contributed by atoms with van der Waals surface area (Å²) in [5, 5.41) is 3.06. The van der Waals surface area contributed by atoms with Crippen LogP contribution in [0, 0.1) is 0 Å². The molecule has 0 aliphatic heterocycles. The second-order valence-corrected chi connectivity index (χ2v) is 25.1. The first-order valence-corrected chi connectivity index (χ1v) is 34.8.